The Morgan fingerprint density at radius 1 is 1.20 bits per heavy atom. The summed E-state index contributed by atoms with van der Waals surface area (Å²) in [4.78, 5) is 24.5. The fraction of sp³-hybridized carbons (Fsp3) is 0.464. The van der Waals surface area contributed by atoms with Gasteiger partial charge in [0.1, 0.15) is 5.82 Å². The normalized spacial score (nSPS) is 25.1. The van der Waals surface area contributed by atoms with Gasteiger partial charge in [0.2, 0.25) is 0 Å². The molecular weight excluding hydrogens is 443 g/mol. The molecule has 1 aliphatic carbocycles. The highest BCUT2D eigenvalue weighted by molar-refractivity contribution is 6.08. The summed E-state index contributed by atoms with van der Waals surface area (Å²) in [6, 6.07) is 7.10. The van der Waals surface area contributed by atoms with Gasteiger partial charge in [-0.3, -0.25) is 14.8 Å². The molecule has 7 heteroatoms. The highest BCUT2D eigenvalue weighted by atomic mass is 19.1. The number of fused-ring (bicyclic) bond motifs is 1. The maximum atomic E-state index is 14.9. The van der Waals surface area contributed by atoms with Crippen molar-refractivity contribution in [2.45, 2.75) is 57.5 Å². The number of anilines is 1. The Morgan fingerprint density at radius 3 is 2.86 bits per heavy atom. The maximum absolute atomic E-state index is 14.9. The first kappa shape index (κ1) is 23.8. The lowest BCUT2D eigenvalue weighted by Crippen LogP contribution is -2.43. The molecule has 0 amide bonds. The van der Waals surface area contributed by atoms with Gasteiger partial charge < -0.3 is 15.4 Å². The van der Waals surface area contributed by atoms with Crippen molar-refractivity contribution < 1.29 is 13.9 Å². The largest absolute Gasteiger partial charge is 0.377 e. The lowest BCUT2D eigenvalue weighted by molar-refractivity contribution is 0.0989. The van der Waals surface area contributed by atoms with Gasteiger partial charge in [0.25, 0.3) is 0 Å². The number of carbonyl (C=O) groups is 1. The van der Waals surface area contributed by atoms with Gasteiger partial charge in [-0.2, -0.15) is 0 Å². The van der Waals surface area contributed by atoms with E-state index in [9.17, 15) is 9.18 Å². The van der Waals surface area contributed by atoms with E-state index >= 15 is 0 Å². The molecule has 1 saturated carbocycles. The summed E-state index contributed by atoms with van der Waals surface area (Å²) in [7, 11) is 0. The Labute approximate surface area is 205 Å². The smallest absolute Gasteiger partial charge is 0.169 e. The van der Waals surface area contributed by atoms with E-state index in [0.29, 0.717) is 41.5 Å². The number of hydrogen-bond donors (Lipinski definition) is 1. The van der Waals surface area contributed by atoms with Crippen LogP contribution in [0.2, 0.25) is 0 Å². The summed E-state index contributed by atoms with van der Waals surface area (Å²) in [5.74, 6) is 0.409. The van der Waals surface area contributed by atoms with Crippen LogP contribution in [0.25, 0.3) is 10.9 Å². The second-order valence-corrected chi connectivity index (χ2v) is 10.2. The Morgan fingerprint density at radius 2 is 2.06 bits per heavy atom. The lowest BCUT2D eigenvalue weighted by atomic mass is 9.75. The molecule has 3 aromatic rings. The molecule has 1 aliphatic heterocycles. The monoisotopic (exact) mass is 476 g/mol. The summed E-state index contributed by atoms with van der Waals surface area (Å²) < 4.78 is 20.4. The van der Waals surface area contributed by atoms with Crippen LogP contribution in [0, 0.1) is 11.7 Å². The van der Waals surface area contributed by atoms with Gasteiger partial charge in [-0.05, 0) is 73.4 Å². The highest BCUT2D eigenvalue weighted by Gasteiger charge is 2.28. The van der Waals surface area contributed by atoms with Crippen molar-refractivity contribution in [1.29, 1.82) is 0 Å². The van der Waals surface area contributed by atoms with E-state index in [0.717, 1.165) is 42.6 Å². The predicted molar refractivity (Wildman–Crippen MR) is 135 cm³/mol. The van der Waals surface area contributed by atoms with E-state index in [1.54, 1.807) is 30.7 Å². The molecule has 2 fully saturated rings. The van der Waals surface area contributed by atoms with Gasteiger partial charge in [-0.1, -0.05) is 6.92 Å². The van der Waals surface area contributed by atoms with Crippen LogP contribution < -0.4 is 10.6 Å². The minimum absolute atomic E-state index is 0.0857. The Hall–Kier alpha value is -2.90. The molecule has 3 heterocycles. The van der Waals surface area contributed by atoms with Crippen LogP contribution in [0.3, 0.4) is 0 Å². The van der Waals surface area contributed by atoms with Crippen molar-refractivity contribution >= 4 is 22.4 Å². The maximum Gasteiger partial charge on any atom is 0.169 e. The molecule has 6 nitrogen and oxygen atoms in total. The minimum Gasteiger partial charge on any atom is -0.377 e. The number of pyridine rings is 2. The van der Waals surface area contributed by atoms with Crippen LogP contribution in [-0.4, -0.2) is 47.6 Å². The number of morpholine rings is 1. The topological polar surface area (TPSA) is 81.3 Å². The number of Topliss-reactive ketones (excluding diaryl/α,β-unsaturated/α-hetero) is 1. The number of halogens is 1. The number of ether oxygens (including phenoxy) is 1. The zero-order valence-electron chi connectivity index (χ0n) is 20.4. The van der Waals surface area contributed by atoms with E-state index in [-0.39, 0.29) is 30.1 Å². The third-order valence-electron chi connectivity index (χ3n) is 7.49. The first-order valence-electron chi connectivity index (χ1n) is 12.5. The van der Waals surface area contributed by atoms with Gasteiger partial charge in [0.05, 0.1) is 30.6 Å². The van der Waals surface area contributed by atoms with Gasteiger partial charge in [-0.15, -0.1) is 0 Å². The van der Waals surface area contributed by atoms with Crippen molar-refractivity contribution in [2.24, 2.45) is 11.7 Å². The fourth-order valence-electron chi connectivity index (χ4n) is 5.83. The van der Waals surface area contributed by atoms with Crippen LogP contribution in [0.4, 0.5) is 10.1 Å². The van der Waals surface area contributed by atoms with Crippen molar-refractivity contribution in [3.05, 3.63) is 65.4 Å². The number of hydrogen-bond acceptors (Lipinski definition) is 6. The number of carbonyl (C=O) groups excluding carboxylic acids is 1. The molecule has 184 valence electrons. The Balaban J connectivity index is 1.45. The van der Waals surface area contributed by atoms with Crippen molar-refractivity contribution in [1.82, 2.24) is 9.97 Å². The van der Waals surface area contributed by atoms with Crippen molar-refractivity contribution in [3.8, 4) is 0 Å². The van der Waals surface area contributed by atoms with Gasteiger partial charge in [-0.25, -0.2) is 4.39 Å². The van der Waals surface area contributed by atoms with E-state index in [1.165, 1.54) is 6.07 Å². The zero-order chi connectivity index (χ0) is 24.5. The third kappa shape index (κ3) is 4.93. The molecule has 4 atom stereocenters. The first-order valence-corrected chi connectivity index (χ1v) is 12.5. The average molecular weight is 477 g/mol. The lowest BCUT2D eigenvalue weighted by Gasteiger charge is -2.35. The van der Waals surface area contributed by atoms with Crippen LogP contribution in [0.1, 0.15) is 60.5 Å². The summed E-state index contributed by atoms with van der Waals surface area (Å²) in [5, 5.41) is 0.366. The molecule has 0 unspecified atom stereocenters. The molecule has 0 spiro atoms. The molecule has 0 radical (unpaired) electrons. The second kappa shape index (κ2) is 9.99. The fourth-order valence-corrected chi connectivity index (χ4v) is 5.83. The standard InChI is InChI=1S/C28H33FN4O2/c1-17-9-19(11-21(30)10-17)23-5-6-31-14-20(23)12-27(34)24-3-4-26(29)25-13-22(15-32-28(24)25)33-7-8-35-16-18(33)2/h3-6,13-15,17-19,21H,7-12,16,30H2,1-2H3/t17-,18-,19+,21-/m0/s1. The predicted octanol–water partition coefficient (Wildman–Crippen LogP) is 4.65. The molecule has 0 bridgehead atoms. The molecule has 2 aliphatic rings. The van der Waals surface area contributed by atoms with E-state index in [1.807, 2.05) is 6.07 Å². The number of nitrogens with two attached hydrogens (primary N) is 1. The average Bonchev–Trinajstić information content (AvgIpc) is 2.84. The third-order valence-corrected chi connectivity index (χ3v) is 7.49. The number of nitrogens with zero attached hydrogens (tertiary/aromatic N) is 3. The van der Waals surface area contributed by atoms with Crippen molar-refractivity contribution in [2.75, 3.05) is 24.7 Å². The number of benzene rings is 1. The number of ketones is 1. The number of aromatic nitrogens is 2. The van der Waals surface area contributed by atoms with E-state index < -0.39 is 0 Å². The quantitative estimate of drug-likeness (QED) is 0.540. The van der Waals surface area contributed by atoms with Crippen LogP contribution in [0.5, 0.6) is 0 Å². The van der Waals surface area contributed by atoms with Gasteiger partial charge in [0, 0.05) is 48.4 Å². The van der Waals surface area contributed by atoms with Crippen LogP contribution in [0.15, 0.2) is 42.9 Å². The molecule has 1 aromatic carbocycles. The summed E-state index contributed by atoms with van der Waals surface area (Å²) in [6.07, 6.45) is 8.52. The molecule has 2 aromatic heterocycles. The van der Waals surface area contributed by atoms with Crippen LogP contribution in [-0.2, 0) is 11.2 Å². The summed E-state index contributed by atoms with van der Waals surface area (Å²) >= 11 is 0. The highest BCUT2D eigenvalue weighted by Crippen LogP contribution is 2.37. The molecular formula is C28H33FN4O2. The minimum atomic E-state index is -0.376. The number of rotatable bonds is 5. The molecule has 35 heavy (non-hydrogen) atoms. The molecule has 5 rings (SSSR count). The zero-order valence-corrected chi connectivity index (χ0v) is 20.4. The Kier molecular flexibility index (Phi) is 6.80. The van der Waals surface area contributed by atoms with E-state index in [4.69, 9.17) is 10.5 Å². The van der Waals surface area contributed by atoms with Gasteiger partial charge in [0.15, 0.2) is 5.78 Å². The first-order chi connectivity index (χ1) is 16.9. The second-order valence-electron chi connectivity index (χ2n) is 10.2. The van der Waals surface area contributed by atoms with E-state index in [2.05, 4.69) is 28.7 Å². The summed E-state index contributed by atoms with van der Waals surface area (Å²) in [5.41, 5.74) is 10.1. The van der Waals surface area contributed by atoms with Crippen molar-refractivity contribution in [3.63, 3.8) is 0 Å². The molecule has 1 saturated heterocycles. The van der Waals surface area contributed by atoms with Gasteiger partial charge >= 0.3 is 0 Å². The van der Waals surface area contributed by atoms with Crippen LogP contribution >= 0.6 is 0 Å². The molecule has 2 N–H and O–H groups in total. The summed E-state index contributed by atoms with van der Waals surface area (Å²) in [6.45, 7) is 6.28. The Bertz CT molecular complexity index is 1220. The SMILES string of the molecule is C[C@@H]1C[C@H](N)C[C@H](c2ccncc2CC(=O)c2ccc(F)c3cc(N4CCOC[C@@H]4C)cnc23)C1.